The topological polar surface area (TPSA) is 115 Å². The number of methoxy groups -OCH3 is 2. The number of hydrogen-bond donors (Lipinski definition) is 1. The number of primary amides is 1. The van der Waals surface area contributed by atoms with Crippen molar-refractivity contribution >= 4 is 16.8 Å². The Hall–Kier alpha value is -3.59. The highest BCUT2D eigenvalue weighted by atomic mass is 16.5. The molecule has 0 radical (unpaired) electrons. The maximum atomic E-state index is 13.7. The molecule has 3 aromatic rings. The molecule has 2 N–H and O–H groups in total. The number of rotatable bonds is 8. The molecule has 0 bridgehead atoms. The van der Waals surface area contributed by atoms with Gasteiger partial charge in [-0.3, -0.25) is 18.7 Å². The third-order valence-electron chi connectivity index (χ3n) is 6.24. The van der Waals surface area contributed by atoms with Gasteiger partial charge in [0, 0.05) is 25.7 Å². The zero-order valence-electron chi connectivity index (χ0n) is 19.4. The van der Waals surface area contributed by atoms with E-state index < -0.39 is 5.91 Å². The molecule has 9 heteroatoms. The van der Waals surface area contributed by atoms with Crippen molar-refractivity contribution in [2.45, 2.75) is 38.3 Å². The van der Waals surface area contributed by atoms with Gasteiger partial charge in [-0.15, -0.1) is 0 Å². The van der Waals surface area contributed by atoms with Gasteiger partial charge in [-0.1, -0.05) is 12.1 Å². The average molecular weight is 468 g/mol. The minimum absolute atomic E-state index is 0.0718. The van der Waals surface area contributed by atoms with Crippen molar-refractivity contribution in [3.05, 3.63) is 68.4 Å². The fourth-order valence-electron chi connectivity index (χ4n) is 4.45. The molecule has 1 saturated heterocycles. The summed E-state index contributed by atoms with van der Waals surface area (Å²) in [5.41, 5.74) is 6.71. The Bertz CT molecular complexity index is 1320. The van der Waals surface area contributed by atoms with E-state index in [0.717, 1.165) is 11.1 Å². The summed E-state index contributed by atoms with van der Waals surface area (Å²) in [5.74, 6) is 0.682. The molecule has 4 rings (SSSR count). The van der Waals surface area contributed by atoms with Crippen LogP contribution >= 0.6 is 0 Å². The van der Waals surface area contributed by atoms with Crippen LogP contribution in [0.15, 0.2) is 46.0 Å². The fourth-order valence-corrected chi connectivity index (χ4v) is 4.45. The van der Waals surface area contributed by atoms with Crippen molar-refractivity contribution in [3.8, 4) is 11.5 Å². The Kier molecular flexibility index (Phi) is 7.02. The van der Waals surface area contributed by atoms with E-state index in [1.165, 1.54) is 11.7 Å². The van der Waals surface area contributed by atoms with Crippen LogP contribution in [0.3, 0.4) is 0 Å². The Balaban J connectivity index is 1.87. The summed E-state index contributed by atoms with van der Waals surface area (Å²) in [6, 6.07) is 10.7. The molecule has 2 heterocycles. The molecular weight excluding hydrogens is 438 g/mol. The zero-order chi connectivity index (χ0) is 24.2. The number of aryl methyl sites for hydroxylation is 1. The summed E-state index contributed by atoms with van der Waals surface area (Å²) in [5, 5.41) is 0.438. The quantitative estimate of drug-likeness (QED) is 0.542. The van der Waals surface area contributed by atoms with Crippen LogP contribution in [0.4, 0.5) is 0 Å². The van der Waals surface area contributed by atoms with Crippen LogP contribution in [0.5, 0.6) is 11.5 Å². The van der Waals surface area contributed by atoms with Crippen LogP contribution in [-0.4, -0.2) is 42.5 Å². The largest absolute Gasteiger partial charge is 0.493 e. The number of ether oxygens (including phenoxy) is 3. The molecule has 0 aliphatic carbocycles. The summed E-state index contributed by atoms with van der Waals surface area (Å²) in [6.45, 7) is 1.21. The first kappa shape index (κ1) is 23.6. The molecule has 1 amide bonds. The second-order valence-electron chi connectivity index (χ2n) is 8.39. The van der Waals surface area contributed by atoms with Gasteiger partial charge in [0.25, 0.3) is 5.56 Å². The van der Waals surface area contributed by atoms with Crippen LogP contribution in [0, 0.1) is 0 Å². The van der Waals surface area contributed by atoms with Gasteiger partial charge < -0.3 is 19.9 Å². The van der Waals surface area contributed by atoms with E-state index in [1.807, 2.05) is 6.07 Å². The molecule has 1 aliphatic rings. The Morgan fingerprint density at radius 2 is 1.74 bits per heavy atom. The molecule has 1 fully saturated rings. The fraction of sp³-hybridized carbons (Fsp3) is 0.400. The minimum Gasteiger partial charge on any atom is -0.493 e. The Morgan fingerprint density at radius 3 is 2.41 bits per heavy atom. The molecule has 0 saturated carbocycles. The molecule has 2 aromatic carbocycles. The Labute approximate surface area is 196 Å². The maximum Gasteiger partial charge on any atom is 0.332 e. The number of carbonyl (C=O) groups excluding carboxylic acids is 1. The smallest absolute Gasteiger partial charge is 0.332 e. The van der Waals surface area contributed by atoms with Gasteiger partial charge >= 0.3 is 5.69 Å². The molecule has 9 nitrogen and oxygen atoms in total. The summed E-state index contributed by atoms with van der Waals surface area (Å²) >= 11 is 0. The molecule has 0 spiro atoms. The van der Waals surface area contributed by atoms with Crippen molar-refractivity contribution in [1.29, 1.82) is 0 Å². The molecule has 1 aliphatic heterocycles. The Morgan fingerprint density at radius 1 is 1.03 bits per heavy atom. The van der Waals surface area contributed by atoms with E-state index >= 15 is 0 Å². The predicted molar refractivity (Wildman–Crippen MR) is 128 cm³/mol. The molecule has 34 heavy (non-hydrogen) atoms. The lowest BCUT2D eigenvalue weighted by molar-refractivity contribution is -0.117. The zero-order valence-corrected chi connectivity index (χ0v) is 19.4. The van der Waals surface area contributed by atoms with Gasteiger partial charge in [0.1, 0.15) is 0 Å². The van der Waals surface area contributed by atoms with Gasteiger partial charge in [0.05, 0.1) is 31.7 Å². The third kappa shape index (κ3) is 4.70. The standard InChI is InChI=1S/C25H29N3O6/c1-32-21-7-4-17(14-22(21)33-2)15-27-24(30)19-13-16(5-8-23(26)29)3-6-20(19)28(25(27)31)18-9-11-34-12-10-18/h3-4,6-7,13-14,18H,5,8-12,15H2,1-2H3,(H2,26,29). The van der Waals surface area contributed by atoms with Crippen LogP contribution in [-0.2, 0) is 22.5 Å². The lowest BCUT2D eigenvalue weighted by atomic mass is 10.0. The van der Waals surface area contributed by atoms with Gasteiger partial charge in [-0.25, -0.2) is 4.79 Å². The van der Waals surface area contributed by atoms with Crippen molar-refractivity contribution in [2.75, 3.05) is 27.4 Å². The number of fused-ring (bicyclic) bond motifs is 1. The number of amides is 1. The van der Waals surface area contributed by atoms with E-state index in [1.54, 1.807) is 42.0 Å². The first-order chi connectivity index (χ1) is 16.4. The molecule has 1 aromatic heterocycles. The maximum absolute atomic E-state index is 13.7. The SMILES string of the molecule is COc1ccc(Cn2c(=O)c3cc(CCC(N)=O)ccc3n(C3CCOCC3)c2=O)cc1OC. The van der Waals surface area contributed by atoms with Crippen molar-refractivity contribution < 1.29 is 19.0 Å². The highest BCUT2D eigenvalue weighted by molar-refractivity contribution is 5.79. The molecule has 180 valence electrons. The van der Waals surface area contributed by atoms with Crippen LogP contribution < -0.4 is 26.5 Å². The van der Waals surface area contributed by atoms with E-state index in [4.69, 9.17) is 19.9 Å². The molecule has 0 atom stereocenters. The van der Waals surface area contributed by atoms with Gasteiger partial charge in [0.2, 0.25) is 5.91 Å². The second-order valence-corrected chi connectivity index (χ2v) is 8.39. The van der Waals surface area contributed by atoms with E-state index in [0.29, 0.717) is 54.9 Å². The summed E-state index contributed by atoms with van der Waals surface area (Å²) in [7, 11) is 3.09. The highest BCUT2D eigenvalue weighted by Gasteiger charge is 2.23. The number of nitrogens with zero attached hydrogens (tertiary/aromatic N) is 2. The number of hydrogen-bond acceptors (Lipinski definition) is 6. The average Bonchev–Trinajstić information content (AvgIpc) is 2.86. The predicted octanol–water partition coefficient (Wildman–Crippen LogP) is 2.00. The first-order valence-corrected chi connectivity index (χ1v) is 11.3. The number of nitrogens with two attached hydrogens (primary N) is 1. The summed E-state index contributed by atoms with van der Waals surface area (Å²) in [4.78, 5) is 38.4. The van der Waals surface area contributed by atoms with Crippen molar-refractivity contribution in [2.24, 2.45) is 5.73 Å². The second kappa shape index (κ2) is 10.1. The lowest BCUT2D eigenvalue weighted by Gasteiger charge is -2.26. The first-order valence-electron chi connectivity index (χ1n) is 11.3. The van der Waals surface area contributed by atoms with Crippen LogP contribution in [0.2, 0.25) is 0 Å². The summed E-state index contributed by atoms with van der Waals surface area (Å²) < 4.78 is 19.1. The monoisotopic (exact) mass is 467 g/mol. The normalized spacial score (nSPS) is 14.3. The minimum atomic E-state index is -0.405. The number of carbonyl (C=O) groups is 1. The highest BCUT2D eigenvalue weighted by Crippen LogP contribution is 2.28. The molecule has 0 unspecified atom stereocenters. The van der Waals surface area contributed by atoms with Crippen LogP contribution in [0.25, 0.3) is 10.9 Å². The van der Waals surface area contributed by atoms with Crippen molar-refractivity contribution in [1.82, 2.24) is 9.13 Å². The summed E-state index contributed by atoms with van der Waals surface area (Å²) in [6.07, 6.45) is 1.99. The number of aromatic nitrogens is 2. The van der Waals surface area contributed by atoms with Crippen LogP contribution in [0.1, 0.15) is 36.4 Å². The van der Waals surface area contributed by atoms with Crippen molar-refractivity contribution in [3.63, 3.8) is 0 Å². The van der Waals surface area contributed by atoms with Gasteiger partial charge in [-0.2, -0.15) is 0 Å². The number of benzene rings is 2. The van der Waals surface area contributed by atoms with Gasteiger partial charge in [-0.05, 0) is 54.7 Å². The third-order valence-corrected chi connectivity index (χ3v) is 6.24. The van der Waals surface area contributed by atoms with E-state index in [2.05, 4.69) is 0 Å². The van der Waals surface area contributed by atoms with E-state index in [-0.39, 0.29) is 30.3 Å². The molecular formula is C25H29N3O6. The van der Waals surface area contributed by atoms with E-state index in [9.17, 15) is 14.4 Å². The lowest BCUT2D eigenvalue weighted by Crippen LogP contribution is -2.42. The van der Waals surface area contributed by atoms with Gasteiger partial charge in [0.15, 0.2) is 11.5 Å².